The number of amides is 1. The van der Waals surface area contributed by atoms with Crippen LogP contribution in [0.2, 0.25) is 0 Å². The lowest BCUT2D eigenvalue weighted by atomic mass is 10.1. The molecule has 2 aromatic rings. The number of nitrogens with one attached hydrogen (secondary N) is 1. The number of hydrogen-bond acceptors (Lipinski definition) is 2. The van der Waals surface area contributed by atoms with E-state index in [1.165, 1.54) is 5.56 Å². The van der Waals surface area contributed by atoms with Gasteiger partial charge in [0.25, 0.3) is 5.91 Å². The lowest BCUT2D eigenvalue weighted by molar-refractivity contribution is 0.0946. The Morgan fingerprint density at radius 3 is 2.71 bits per heavy atom. The molecule has 2 aromatic carbocycles. The van der Waals surface area contributed by atoms with Crippen LogP contribution in [0.1, 0.15) is 28.4 Å². The van der Waals surface area contributed by atoms with Gasteiger partial charge in [-0.2, -0.15) is 0 Å². The molecule has 0 saturated carbocycles. The zero-order valence-electron chi connectivity index (χ0n) is 12.6. The number of carbonyl (C=O) groups excluding carboxylic acids is 1. The number of hydrogen-bond donors (Lipinski definition) is 1. The first-order chi connectivity index (χ1) is 10.2. The highest BCUT2D eigenvalue weighted by Gasteiger charge is 2.06. The molecule has 0 aliphatic heterocycles. The minimum Gasteiger partial charge on any atom is -0.492 e. The molecule has 0 unspecified atom stereocenters. The molecule has 110 valence electrons. The summed E-state index contributed by atoms with van der Waals surface area (Å²) in [6, 6.07) is 15.6. The Hall–Kier alpha value is -2.29. The highest BCUT2D eigenvalue weighted by atomic mass is 16.5. The van der Waals surface area contributed by atoms with Crippen LogP contribution in [-0.4, -0.2) is 19.1 Å². The van der Waals surface area contributed by atoms with Gasteiger partial charge in [-0.3, -0.25) is 4.79 Å². The van der Waals surface area contributed by atoms with Crippen molar-refractivity contribution in [3.63, 3.8) is 0 Å². The summed E-state index contributed by atoms with van der Waals surface area (Å²) >= 11 is 0. The van der Waals surface area contributed by atoms with Gasteiger partial charge in [0.1, 0.15) is 12.4 Å². The summed E-state index contributed by atoms with van der Waals surface area (Å²) < 4.78 is 5.65. The molecule has 1 N–H and O–H groups in total. The summed E-state index contributed by atoms with van der Waals surface area (Å²) in [5.74, 6) is 0.790. The Bertz CT molecular complexity index is 608. The van der Waals surface area contributed by atoms with Crippen LogP contribution in [0.15, 0.2) is 48.5 Å². The minimum absolute atomic E-state index is 0.0565. The van der Waals surface area contributed by atoms with Gasteiger partial charge in [0.2, 0.25) is 0 Å². The van der Waals surface area contributed by atoms with Gasteiger partial charge in [-0.25, -0.2) is 0 Å². The molecule has 2 rings (SSSR count). The number of benzene rings is 2. The Balaban J connectivity index is 1.79. The Morgan fingerprint density at radius 2 is 1.95 bits per heavy atom. The molecule has 0 bridgehead atoms. The van der Waals surface area contributed by atoms with E-state index in [0.29, 0.717) is 18.7 Å². The largest absolute Gasteiger partial charge is 0.492 e. The van der Waals surface area contributed by atoms with Crippen LogP contribution in [0.4, 0.5) is 0 Å². The first kappa shape index (κ1) is 15.1. The zero-order chi connectivity index (χ0) is 15.1. The molecular weight excluding hydrogens is 262 g/mol. The van der Waals surface area contributed by atoms with Gasteiger partial charge in [-0.1, -0.05) is 37.3 Å². The highest BCUT2D eigenvalue weighted by molar-refractivity contribution is 5.95. The third-order valence-electron chi connectivity index (χ3n) is 3.35. The second kappa shape index (κ2) is 7.48. The zero-order valence-corrected chi connectivity index (χ0v) is 12.6. The van der Waals surface area contributed by atoms with Crippen molar-refractivity contribution in [1.29, 1.82) is 0 Å². The van der Waals surface area contributed by atoms with Crippen molar-refractivity contribution in [2.45, 2.75) is 20.3 Å². The fourth-order valence-electron chi connectivity index (χ4n) is 2.11. The maximum Gasteiger partial charge on any atom is 0.251 e. The van der Waals surface area contributed by atoms with Crippen molar-refractivity contribution >= 4 is 5.91 Å². The van der Waals surface area contributed by atoms with E-state index in [9.17, 15) is 4.79 Å². The molecule has 3 nitrogen and oxygen atoms in total. The fraction of sp³-hybridized carbons (Fsp3) is 0.278. The van der Waals surface area contributed by atoms with Crippen LogP contribution in [0.25, 0.3) is 0 Å². The van der Waals surface area contributed by atoms with Gasteiger partial charge in [0, 0.05) is 5.56 Å². The predicted molar refractivity (Wildman–Crippen MR) is 84.8 cm³/mol. The molecule has 0 aliphatic carbocycles. The lowest BCUT2D eigenvalue weighted by Gasteiger charge is -2.09. The van der Waals surface area contributed by atoms with E-state index in [1.54, 1.807) is 0 Å². The summed E-state index contributed by atoms with van der Waals surface area (Å²) in [5.41, 5.74) is 2.94. The predicted octanol–water partition coefficient (Wildman–Crippen LogP) is 3.37. The number of rotatable bonds is 6. The summed E-state index contributed by atoms with van der Waals surface area (Å²) in [6.45, 7) is 5.00. The van der Waals surface area contributed by atoms with E-state index in [2.05, 4.69) is 18.3 Å². The average molecular weight is 283 g/mol. The Kier molecular flexibility index (Phi) is 5.38. The molecule has 1 amide bonds. The monoisotopic (exact) mass is 283 g/mol. The van der Waals surface area contributed by atoms with E-state index in [0.717, 1.165) is 17.7 Å². The molecule has 0 aromatic heterocycles. The smallest absolute Gasteiger partial charge is 0.251 e. The van der Waals surface area contributed by atoms with E-state index in [1.807, 2.05) is 49.4 Å². The lowest BCUT2D eigenvalue weighted by Crippen LogP contribution is -2.28. The molecule has 0 heterocycles. The van der Waals surface area contributed by atoms with Crippen LogP contribution in [0.3, 0.4) is 0 Å². The maximum absolute atomic E-state index is 12.0. The van der Waals surface area contributed by atoms with Gasteiger partial charge in [0.15, 0.2) is 0 Å². The summed E-state index contributed by atoms with van der Waals surface area (Å²) in [6.07, 6.45) is 0.987. The molecule has 0 atom stereocenters. The van der Waals surface area contributed by atoms with Gasteiger partial charge in [-0.05, 0) is 42.7 Å². The van der Waals surface area contributed by atoms with Crippen LogP contribution >= 0.6 is 0 Å². The van der Waals surface area contributed by atoms with Crippen LogP contribution in [0.5, 0.6) is 5.75 Å². The molecule has 0 radical (unpaired) electrons. The average Bonchev–Trinajstić information content (AvgIpc) is 2.52. The van der Waals surface area contributed by atoms with E-state index in [4.69, 9.17) is 4.74 Å². The third kappa shape index (κ3) is 4.35. The topological polar surface area (TPSA) is 38.3 Å². The van der Waals surface area contributed by atoms with Crippen molar-refractivity contribution in [2.75, 3.05) is 13.2 Å². The third-order valence-corrected chi connectivity index (χ3v) is 3.35. The molecule has 3 heteroatoms. The van der Waals surface area contributed by atoms with E-state index < -0.39 is 0 Å². The summed E-state index contributed by atoms with van der Waals surface area (Å²) in [4.78, 5) is 12.0. The fourth-order valence-corrected chi connectivity index (χ4v) is 2.11. The molecule has 0 spiro atoms. The molecule has 0 aliphatic rings. The van der Waals surface area contributed by atoms with Crippen molar-refractivity contribution in [3.05, 3.63) is 65.2 Å². The quantitative estimate of drug-likeness (QED) is 0.825. The molecular formula is C18H21NO2. The Morgan fingerprint density at radius 1 is 1.14 bits per heavy atom. The normalized spacial score (nSPS) is 10.2. The van der Waals surface area contributed by atoms with E-state index in [-0.39, 0.29) is 5.91 Å². The number of carbonyl (C=O) groups is 1. The highest BCUT2D eigenvalue weighted by Crippen LogP contribution is 2.13. The molecule has 21 heavy (non-hydrogen) atoms. The van der Waals surface area contributed by atoms with Gasteiger partial charge >= 0.3 is 0 Å². The maximum atomic E-state index is 12.0. The first-order valence-corrected chi connectivity index (χ1v) is 7.26. The summed E-state index contributed by atoms with van der Waals surface area (Å²) in [7, 11) is 0. The molecule has 0 saturated heterocycles. The van der Waals surface area contributed by atoms with Crippen molar-refractivity contribution < 1.29 is 9.53 Å². The standard InChI is InChI=1S/C18H21NO2/c1-3-15-8-6-9-16(13-15)21-12-11-19-18(20)17-10-5-4-7-14(17)2/h4-10,13H,3,11-12H2,1-2H3,(H,19,20). The van der Waals surface area contributed by atoms with Crippen molar-refractivity contribution in [2.24, 2.45) is 0 Å². The number of aryl methyl sites for hydroxylation is 2. The van der Waals surface area contributed by atoms with Crippen LogP contribution in [-0.2, 0) is 6.42 Å². The van der Waals surface area contributed by atoms with E-state index >= 15 is 0 Å². The van der Waals surface area contributed by atoms with Gasteiger partial charge < -0.3 is 10.1 Å². The van der Waals surface area contributed by atoms with Crippen LogP contribution in [0, 0.1) is 6.92 Å². The van der Waals surface area contributed by atoms with Crippen molar-refractivity contribution in [3.8, 4) is 5.75 Å². The van der Waals surface area contributed by atoms with Gasteiger partial charge in [-0.15, -0.1) is 0 Å². The second-order valence-electron chi connectivity index (χ2n) is 4.92. The van der Waals surface area contributed by atoms with Crippen molar-refractivity contribution in [1.82, 2.24) is 5.32 Å². The minimum atomic E-state index is -0.0565. The SMILES string of the molecule is CCc1cccc(OCCNC(=O)c2ccccc2C)c1. The second-order valence-corrected chi connectivity index (χ2v) is 4.92. The number of ether oxygens (including phenoxy) is 1. The Labute approximate surface area is 126 Å². The molecule has 0 fully saturated rings. The summed E-state index contributed by atoms with van der Waals surface area (Å²) in [5, 5.41) is 2.87. The van der Waals surface area contributed by atoms with Crippen LogP contribution < -0.4 is 10.1 Å². The first-order valence-electron chi connectivity index (χ1n) is 7.26. The van der Waals surface area contributed by atoms with Gasteiger partial charge in [0.05, 0.1) is 6.54 Å².